The van der Waals surface area contributed by atoms with E-state index in [-0.39, 0.29) is 24.1 Å². The number of amides is 1. The Labute approximate surface area is 155 Å². The van der Waals surface area contributed by atoms with Gasteiger partial charge in [-0.25, -0.2) is 4.68 Å². The molecule has 4 rings (SSSR count). The minimum Gasteiger partial charge on any atom is -0.396 e. The standard InChI is InChI=1S/C18H21F2N5O2/c19-17(20)25-6-4-15(22-25)16(27)24-8-13-7-23(10-18(13,11-24)12-26)9-14-3-1-2-5-21-14/h1-6,13,17,26H,7-12H2. The highest BCUT2D eigenvalue weighted by atomic mass is 19.3. The van der Waals surface area contributed by atoms with Crippen LogP contribution in [0, 0.1) is 11.3 Å². The molecule has 7 nitrogen and oxygen atoms in total. The number of carbonyl (C=O) groups excluding carboxylic acids is 1. The Kier molecular flexibility index (Phi) is 4.65. The summed E-state index contributed by atoms with van der Waals surface area (Å²) in [6.45, 7) is 0.213. The van der Waals surface area contributed by atoms with Crippen molar-refractivity contribution in [3.05, 3.63) is 48.0 Å². The molecule has 1 N–H and O–H groups in total. The first-order valence-corrected chi connectivity index (χ1v) is 8.86. The van der Waals surface area contributed by atoms with Crippen LogP contribution in [0.5, 0.6) is 0 Å². The number of likely N-dealkylation sites (tertiary alicyclic amines) is 2. The highest BCUT2D eigenvalue weighted by Gasteiger charge is 2.53. The second kappa shape index (κ2) is 6.97. The van der Waals surface area contributed by atoms with Gasteiger partial charge in [-0.2, -0.15) is 13.9 Å². The number of hydrogen-bond donors (Lipinski definition) is 1. The molecule has 9 heteroatoms. The lowest BCUT2D eigenvalue weighted by molar-refractivity contribution is 0.0549. The highest BCUT2D eigenvalue weighted by molar-refractivity contribution is 5.92. The van der Waals surface area contributed by atoms with Crippen molar-refractivity contribution >= 4 is 5.91 Å². The van der Waals surface area contributed by atoms with Gasteiger partial charge < -0.3 is 10.0 Å². The molecule has 2 saturated heterocycles. The lowest BCUT2D eigenvalue weighted by atomic mass is 9.82. The third-order valence-electron chi connectivity index (χ3n) is 5.57. The summed E-state index contributed by atoms with van der Waals surface area (Å²) in [4.78, 5) is 20.9. The van der Waals surface area contributed by atoms with Gasteiger partial charge in [0.1, 0.15) is 0 Å². The van der Waals surface area contributed by atoms with E-state index in [1.54, 1.807) is 11.1 Å². The highest BCUT2D eigenvalue weighted by Crippen LogP contribution is 2.42. The zero-order valence-electron chi connectivity index (χ0n) is 14.7. The number of hydrogen-bond acceptors (Lipinski definition) is 5. The molecule has 0 saturated carbocycles. The van der Waals surface area contributed by atoms with Crippen LogP contribution < -0.4 is 0 Å². The van der Waals surface area contributed by atoms with Crippen molar-refractivity contribution in [3.63, 3.8) is 0 Å². The van der Waals surface area contributed by atoms with E-state index in [4.69, 9.17) is 0 Å². The molecule has 2 aliphatic heterocycles. The maximum Gasteiger partial charge on any atom is 0.333 e. The Morgan fingerprint density at radius 2 is 2.15 bits per heavy atom. The zero-order valence-corrected chi connectivity index (χ0v) is 14.7. The number of rotatable bonds is 5. The maximum atomic E-state index is 12.7. The summed E-state index contributed by atoms with van der Waals surface area (Å²) in [5.74, 6) is -0.236. The molecule has 0 spiro atoms. The van der Waals surface area contributed by atoms with Crippen molar-refractivity contribution < 1.29 is 18.7 Å². The smallest absolute Gasteiger partial charge is 0.333 e. The number of aromatic nitrogens is 3. The second-order valence-corrected chi connectivity index (χ2v) is 7.35. The lowest BCUT2D eigenvalue weighted by Gasteiger charge is -2.27. The third kappa shape index (κ3) is 3.32. The summed E-state index contributed by atoms with van der Waals surface area (Å²) >= 11 is 0. The summed E-state index contributed by atoms with van der Waals surface area (Å²) in [6, 6.07) is 7.09. The molecule has 2 aliphatic rings. The molecule has 27 heavy (non-hydrogen) atoms. The molecule has 0 aliphatic carbocycles. The molecule has 0 radical (unpaired) electrons. The fourth-order valence-electron chi connectivity index (χ4n) is 4.23. The van der Waals surface area contributed by atoms with Crippen molar-refractivity contribution in [2.45, 2.75) is 13.1 Å². The lowest BCUT2D eigenvalue weighted by Crippen LogP contribution is -2.39. The summed E-state index contributed by atoms with van der Waals surface area (Å²) in [6.07, 6.45) is 2.86. The first kappa shape index (κ1) is 18.0. The number of carbonyl (C=O) groups is 1. The van der Waals surface area contributed by atoms with Crippen molar-refractivity contribution in [2.75, 3.05) is 32.8 Å². The van der Waals surface area contributed by atoms with Crippen LogP contribution in [0.2, 0.25) is 0 Å². The van der Waals surface area contributed by atoms with E-state index < -0.39 is 12.0 Å². The molecular weight excluding hydrogens is 356 g/mol. The summed E-state index contributed by atoms with van der Waals surface area (Å²) in [5.41, 5.74) is 0.583. The van der Waals surface area contributed by atoms with E-state index in [9.17, 15) is 18.7 Å². The van der Waals surface area contributed by atoms with E-state index in [0.717, 1.165) is 18.4 Å². The fourth-order valence-corrected chi connectivity index (χ4v) is 4.23. The van der Waals surface area contributed by atoms with Gasteiger partial charge in [0, 0.05) is 50.5 Å². The van der Waals surface area contributed by atoms with Gasteiger partial charge >= 0.3 is 6.55 Å². The molecule has 4 heterocycles. The van der Waals surface area contributed by atoms with Gasteiger partial charge in [0.2, 0.25) is 0 Å². The average molecular weight is 377 g/mol. The van der Waals surface area contributed by atoms with Crippen LogP contribution in [0.4, 0.5) is 8.78 Å². The number of aliphatic hydroxyl groups is 1. The number of halogens is 2. The van der Waals surface area contributed by atoms with Gasteiger partial charge in [0.15, 0.2) is 5.69 Å². The quantitative estimate of drug-likeness (QED) is 0.849. The molecule has 2 unspecified atom stereocenters. The molecule has 2 fully saturated rings. The minimum absolute atomic E-state index is 0.00806. The van der Waals surface area contributed by atoms with Crippen LogP contribution in [-0.2, 0) is 6.54 Å². The summed E-state index contributed by atoms with van der Waals surface area (Å²) < 4.78 is 25.8. The number of fused-ring (bicyclic) bond motifs is 1. The molecule has 0 bridgehead atoms. The summed E-state index contributed by atoms with van der Waals surface area (Å²) in [7, 11) is 0. The Morgan fingerprint density at radius 1 is 1.30 bits per heavy atom. The predicted molar refractivity (Wildman–Crippen MR) is 91.9 cm³/mol. The molecule has 2 aromatic heterocycles. The molecule has 2 atom stereocenters. The van der Waals surface area contributed by atoms with Crippen molar-refractivity contribution in [1.29, 1.82) is 0 Å². The first-order chi connectivity index (χ1) is 13.0. The van der Waals surface area contributed by atoms with E-state index >= 15 is 0 Å². The summed E-state index contributed by atoms with van der Waals surface area (Å²) in [5, 5.41) is 13.7. The van der Waals surface area contributed by atoms with Crippen molar-refractivity contribution in [1.82, 2.24) is 24.6 Å². The Bertz CT molecular complexity index is 815. The molecule has 144 valence electrons. The Hall–Kier alpha value is -2.39. The van der Waals surface area contributed by atoms with E-state index in [2.05, 4.69) is 15.0 Å². The van der Waals surface area contributed by atoms with Crippen LogP contribution in [0.15, 0.2) is 36.7 Å². The maximum absolute atomic E-state index is 12.7. The zero-order chi connectivity index (χ0) is 19.0. The molecule has 1 amide bonds. The van der Waals surface area contributed by atoms with Gasteiger partial charge in [0.25, 0.3) is 5.91 Å². The average Bonchev–Trinajstić information content (AvgIpc) is 3.34. The number of alkyl halides is 2. The van der Waals surface area contributed by atoms with E-state index in [1.165, 1.54) is 6.07 Å². The minimum atomic E-state index is -2.77. The largest absolute Gasteiger partial charge is 0.396 e. The number of aliphatic hydroxyl groups excluding tert-OH is 1. The van der Waals surface area contributed by atoms with Gasteiger partial charge in [-0.15, -0.1) is 0 Å². The second-order valence-electron chi connectivity index (χ2n) is 7.35. The van der Waals surface area contributed by atoms with Crippen LogP contribution in [-0.4, -0.2) is 68.4 Å². The van der Waals surface area contributed by atoms with Crippen molar-refractivity contribution in [2.24, 2.45) is 11.3 Å². The molecule has 2 aromatic rings. The Morgan fingerprint density at radius 3 is 2.78 bits per heavy atom. The van der Waals surface area contributed by atoms with Gasteiger partial charge in [-0.1, -0.05) is 6.07 Å². The van der Waals surface area contributed by atoms with Crippen molar-refractivity contribution in [3.8, 4) is 0 Å². The van der Waals surface area contributed by atoms with Gasteiger partial charge in [0.05, 0.1) is 12.3 Å². The monoisotopic (exact) mass is 377 g/mol. The van der Waals surface area contributed by atoms with Gasteiger partial charge in [-0.05, 0) is 24.1 Å². The van der Waals surface area contributed by atoms with E-state index in [0.29, 0.717) is 30.9 Å². The topological polar surface area (TPSA) is 74.5 Å². The van der Waals surface area contributed by atoms with Crippen LogP contribution in [0.25, 0.3) is 0 Å². The van der Waals surface area contributed by atoms with E-state index in [1.807, 2.05) is 18.2 Å². The number of pyridine rings is 1. The van der Waals surface area contributed by atoms with Gasteiger partial charge in [-0.3, -0.25) is 14.7 Å². The fraction of sp³-hybridized carbons (Fsp3) is 0.500. The van der Waals surface area contributed by atoms with Crippen LogP contribution in [0.3, 0.4) is 0 Å². The van der Waals surface area contributed by atoms with Crippen LogP contribution >= 0.6 is 0 Å². The first-order valence-electron chi connectivity index (χ1n) is 8.86. The number of nitrogens with zero attached hydrogens (tertiary/aromatic N) is 5. The normalized spacial score (nSPS) is 25.3. The molecular formula is C18H21F2N5O2. The molecule has 0 aromatic carbocycles. The third-order valence-corrected chi connectivity index (χ3v) is 5.57. The predicted octanol–water partition coefficient (Wildman–Crippen LogP) is 1.24. The van der Waals surface area contributed by atoms with Crippen LogP contribution in [0.1, 0.15) is 22.7 Å². The Balaban J connectivity index is 1.44. The SMILES string of the molecule is O=C(c1ccn(C(F)F)n1)N1CC2CN(Cc3ccccn3)CC2(CO)C1.